The van der Waals surface area contributed by atoms with Crippen molar-refractivity contribution in [3.63, 3.8) is 0 Å². The molecule has 2 nitrogen and oxygen atoms in total. The highest BCUT2D eigenvalue weighted by molar-refractivity contribution is 8.48. The third-order valence-corrected chi connectivity index (χ3v) is 3.07. The molecule has 116 valence electrons. The lowest BCUT2D eigenvalue weighted by molar-refractivity contribution is -0.137. The van der Waals surface area contributed by atoms with Crippen LogP contribution in [0.25, 0.3) is 0 Å². The average Bonchev–Trinajstić information content (AvgIpc) is 2.17. The summed E-state index contributed by atoms with van der Waals surface area (Å²) in [6.07, 6.45) is 4.55. The van der Waals surface area contributed by atoms with Crippen molar-refractivity contribution in [2.45, 2.75) is 51.4 Å². The monoisotopic (exact) mass is 310 g/mol. The van der Waals surface area contributed by atoms with Gasteiger partial charge in [-0.2, -0.15) is 0 Å². The number of rotatable bonds is 10. The van der Waals surface area contributed by atoms with Crippen LogP contribution in [0.15, 0.2) is 11.5 Å². The normalized spacial score (nSPS) is 16.3. The maximum atomic E-state index is 11.9. The summed E-state index contributed by atoms with van der Waals surface area (Å²) in [6, 6.07) is 0. The first kappa shape index (κ1) is 18.2. The van der Waals surface area contributed by atoms with E-state index < -0.39 is 21.6 Å². The summed E-state index contributed by atoms with van der Waals surface area (Å²) in [6.45, 7) is 0. The van der Waals surface area contributed by atoms with Crippen LogP contribution in [0.2, 0.25) is 0 Å². The van der Waals surface area contributed by atoms with E-state index in [1.165, 1.54) is 0 Å². The molecule has 0 heterocycles. The maximum absolute atomic E-state index is 11.9. The van der Waals surface area contributed by atoms with Gasteiger partial charge in [-0.05, 0) is 19.3 Å². The third kappa shape index (κ3) is 17.2. The Bertz CT molecular complexity index is 322. The first-order valence-electron chi connectivity index (χ1n) is 6.03. The molecule has 0 radical (unpaired) electrons. The van der Waals surface area contributed by atoms with Crippen molar-refractivity contribution < 1.29 is 29.3 Å². The Labute approximate surface area is 109 Å². The molecule has 19 heavy (non-hydrogen) atoms. The molecule has 0 aliphatic carbocycles. The highest BCUT2D eigenvalue weighted by atomic mass is 32.5. The molecule has 0 bridgehead atoms. The largest absolute Gasteiger partial charge is 0.481 e. The second-order valence-corrected chi connectivity index (χ2v) is 6.78. The van der Waals surface area contributed by atoms with Gasteiger partial charge in [0.2, 0.25) is 0 Å². The highest BCUT2D eigenvalue weighted by Gasteiger charge is 2.60. The van der Waals surface area contributed by atoms with Gasteiger partial charge in [0.25, 0.3) is 0 Å². The molecule has 0 aromatic rings. The Hall–Kier alpha value is -0.790. The van der Waals surface area contributed by atoms with Crippen molar-refractivity contribution in [3.8, 4) is 0 Å². The molecule has 0 rings (SSSR count). The molecule has 0 aromatic carbocycles. The first-order chi connectivity index (χ1) is 8.39. The molecule has 0 aliphatic rings. The van der Waals surface area contributed by atoms with Crippen LogP contribution >= 0.6 is 10.2 Å². The Morgan fingerprint density at radius 3 is 1.84 bits per heavy atom. The molecule has 0 aliphatic heterocycles. The Balaban J connectivity index is 3.53. The molecule has 0 saturated heterocycles. The standard InChI is InChI=1S/C11H19F5O2S/c12-19(13,14,15,16)10-8-6-4-2-1-3-5-7-9-11(17)18/h8,10H,1-7,9H2,(H,17,18). The van der Waals surface area contributed by atoms with Gasteiger partial charge in [-0.15, -0.1) is 0 Å². The van der Waals surface area contributed by atoms with E-state index in [1.807, 2.05) is 0 Å². The molecule has 8 heteroatoms. The van der Waals surface area contributed by atoms with Crippen LogP contribution in [-0.4, -0.2) is 11.1 Å². The number of allylic oxidation sites excluding steroid dienone is 1. The SMILES string of the molecule is O=C(O)CCCCCCCCC=CS(F)(F)(F)(F)F. The molecule has 0 amide bonds. The number of carbonyl (C=O) groups is 1. The number of hydrogen-bond acceptors (Lipinski definition) is 1. The average molecular weight is 310 g/mol. The number of aliphatic carboxylic acids is 1. The predicted molar refractivity (Wildman–Crippen MR) is 66.8 cm³/mol. The second kappa shape index (κ2) is 6.11. The van der Waals surface area contributed by atoms with Crippen molar-refractivity contribution >= 4 is 16.2 Å². The van der Waals surface area contributed by atoms with Gasteiger partial charge in [0, 0.05) is 6.42 Å². The topological polar surface area (TPSA) is 37.3 Å². The molecular weight excluding hydrogens is 291 g/mol. The van der Waals surface area contributed by atoms with Crippen molar-refractivity contribution in [2.24, 2.45) is 0 Å². The van der Waals surface area contributed by atoms with E-state index in [9.17, 15) is 24.2 Å². The molecule has 0 atom stereocenters. The molecule has 0 aromatic heterocycles. The number of hydrogen-bond donors (Lipinski definition) is 1. The van der Waals surface area contributed by atoms with Crippen molar-refractivity contribution in [2.75, 3.05) is 0 Å². The summed E-state index contributed by atoms with van der Waals surface area (Å²) in [5.74, 6) is -0.846. The minimum Gasteiger partial charge on any atom is -0.481 e. The lowest BCUT2D eigenvalue weighted by Crippen LogP contribution is -1.98. The van der Waals surface area contributed by atoms with Crippen LogP contribution in [-0.2, 0) is 4.79 Å². The molecule has 1 N–H and O–H groups in total. The highest BCUT2D eigenvalue weighted by Crippen LogP contribution is 2.98. The Morgan fingerprint density at radius 2 is 1.37 bits per heavy atom. The van der Waals surface area contributed by atoms with Crippen molar-refractivity contribution in [3.05, 3.63) is 11.5 Å². The summed E-state index contributed by atoms with van der Waals surface area (Å²) >= 11 is 0. The third-order valence-electron chi connectivity index (χ3n) is 2.36. The molecular formula is C11H19F5O2S. The van der Waals surface area contributed by atoms with Crippen molar-refractivity contribution in [1.82, 2.24) is 0 Å². The smallest absolute Gasteiger partial charge is 0.304 e. The van der Waals surface area contributed by atoms with Crippen LogP contribution in [0, 0.1) is 0 Å². The van der Waals surface area contributed by atoms with Gasteiger partial charge < -0.3 is 5.11 Å². The fourth-order valence-electron chi connectivity index (χ4n) is 1.50. The first-order valence-corrected chi connectivity index (χ1v) is 8.04. The van der Waals surface area contributed by atoms with Gasteiger partial charge >= 0.3 is 16.2 Å². The van der Waals surface area contributed by atoms with Gasteiger partial charge in [0.05, 0.1) is 5.41 Å². The second-order valence-electron chi connectivity index (χ2n) is 4.45. The number of halogens is 5. The summed E-state index contributed by atoms with van der Waals surface area (Å²) < 4.78 is 59.3. The minimum absolute atomic E-state index is 0.0271. The zero-order chi connectivity index (χ0) is 15.1. The maximum Gasteiger partial charge on any atom is 0.304 e. The summed E-state index contributed by atoms with van der Waals surface area (Å²) in [5, 5.41) is 7.47. The van der Waals surface area contributed by atoms with E-state index in [0.717, 1.165) is 19.3 Å². The minimum atomic E-state index is -9.38. The van der Waals surface area contributed by atoms with Crippen LogP contribution in [0.3, 0.4) is 0 Å². The summed E-state index contributed by atoms with van der Waals surface area (Å²) in [7, 11) is -9.38. The van der Waals surface area contributed by atoms with Gasteiger partial charge in [-0.1, -0.05) is 51.2 Å². The lowest BCUT2D eigenvalue weighted by atomic mass is 10.1. The Morgan fingerprint density at radius 1 is 0.895 bits per heavy atom. The van der Waals surface area contributed by atoms with E-state index in [1.54, 1.807) is 0 Å². The zero-order valence-electron chi connectivity index (χ0n) is 10.5. The van der Waals surface area contributed by atoms with Gasteiger partial charge in [0.1, 0.15) is 0 Å². The van der Waals surface area contributed by atoms with Crippen LogP contribution in [0.5, 0.6) is 0 Å². The Kier molecular flexibility index (Phi) is 5.85. The number of carboxylic acids is 1. The quantitative estimate of drug-likeness (QED) is 0.396. The van der Waals surface area contributed by atoms with E-state index in [4.69, 9.17) is 5.11 Å². The van der Waals surface area contributed by atoms with Crippen LogP contribution in [0.4, 0.5) is 19.4 Å². The lowest BCUT2D eigenvalue weighted by Gasteiger charge is -2.36. The molecule has 0 unspecified atom stereocenters. The number of unbranched alkanes of at least 4 members (excludes halogenated alkanes) is 6. The van der Waals surface area contributed by atoms with Gasteiger partial charge in [0.15, 0.2) is 0 Å². The summed E-state index contributed by atoms with van der Waals surface area (Å²) in [4.78, 5) is 10.2. The molecule has 0 spiro atoms. The zero-order valence-corrected chi connectivity index (χ0v) is 11.3. The predicted octanol–water partition coefficient (Wildman–Crippen LogP) is 6.00. The van der Waals surface area contributed by atoms with Gasteiger partial charge in [-0.3, -0.25) is 4.79 Å². The fraction of sp³-hybridized carbons (Fsp3) is 0.727. The molecule has 0 saturated carbocycles. The van der Waals surface area contributed by atoms with E-state index in [0.29, 0.717) is 25.3 Å². The molecule has 0 fully saturated rings. The van der Waals surface area contributed by atoms with E-state index in [2.05, 4.69) is 0 Å². The summed E-state index contributed by atoms with van der Waals surface area (Å²) in [5.41, 5.74) is 0. The van der Waals surface area contributed by atoms with E-state index in [-0.39, 0.29) is 12.8 Å². The van der Waals surface area contributed by atoms with Crippen molar-refractivity contribution in [1.29, 1.82) is 0 Å². The van der Waals surface area contributed by atoms with Crippen LogP contribution < -0.4 is 0 Å². The van der Waals surface area contributed by atoms with Crippen LogP contribution in [0.1, 0.15) is 51.4 Å². The fourth-order valence-corrected chi connectivity index (χ4v) is 2.00. The number of carboxylic acid groups (broad SMARTS) is 1. The van der Waals surface area contributed by atoms with Gasteiger partial charge in [-0.25, -0.2) is 0 Å². The van der Waals surface area contributed by atoms with E-state index >= 15 is 0 Å².